The van der Waals surface area contributed by atoms with Gasteiger partial charge in [0, 0.05) is 41.5 Å². The van der Waals surface area contributed by atoms with Crippen LogP contribution in [0.3, 0.4) is 0 Å². The summed E-state index contributed by atoms with van der Waals surface area (Å²) in [5, 5.41) is 0. The van der Waals surface area contributed by atoms with Crippen molar-refractivity contribution in [3.63, 3.8) is 0 Å². The van der Waals surface area contributed by atoms with Crippen molar-refractivity contribution in [3.8, 4) is 0 Å². The van der Waals surface area contributed by atoms with E-state index in [2.05, 4.69) is 50.3 Å². The molecule has 26 heavy (non-hydrogen) atoms. The van der Waals surface area contributed by atoms with E-state index in [9.17, 15) is 0 Å². The molecule has 0 fully saturated rings. The second-order valence-corrected chi connectivity index (χ2v) is 5.91. The molecule has 0 radical (unpaired) electrons. The Hall–Kier alpha value is -2.82. The van der Waals surface area contributed by atoms with E-state index >= 15 is 0 Å². The van der Waals surface area contributed by atoms with Crippen LogP contribution in [0.1, 0.15) is 22.8 Å². The average molecular weight is 394 g/mol. The summed E-state index contributed by atoms with van der Waals surface area (Å²) in [6.07, 6.45) is 8.05. The molecule has 5 heterocycles. The summed E-state index contributed by atoms with van der Waals surface area (Å²) in [7, 11) is 0. The van der Waals surface area contributed by atoms with E-state index in [1.807, 2.05) is 42.5 Å². The zero-order chi connectivity index (χ0) is 15.9. The van der Waals surface area contributed by atoms with Gasteiger partial charge in [0.25, 0.3) is 0 Å². The van der Waals surface area contributed by atoms with Gasteiger partial charge in [0.1, 0.15) is 0 Å². The molecule has 0 saturated carbocycles. The van der Waals surface area contributed by atoms with E-state index in [1.165, 1.54) is 0 Å². The van der Waals surface area contributed by atoms with Crippen molar-refractivity contribution in [2.75, 3.05) is 0 Å². The van der Waals surface area contributed by atoms with E-state index in [0.717, 1.165) is 44.8 Å². The van der Waals surface area contributed by atoms with Gasteiger partial charge in [-0.2, -0.15) is 0 Å². The summed E-state index contributed by atoms with van der Waals surface area (Å²) in [4.78, 5) is 16.0. The maximum absolute atomic E-state index is 4.62. The molecule has 4 N–H and O–H groups in total. The predicted molar refractivity (Wildman–Crippen MR) is 102 cm³/mol. The van der Waals surface area contributed by atoms with Crippen LogP contribution in [0.15, 0.2) is 48.5 Å². The Morgan fingerprint density at radius 1 is 0.500 bits per heavy atom. The van der Waals surface area contributed by atoms with Crippen molar-refractivity contribution in [1.82, 2.24) is 19.9 Å². The molecule has 8 bridgehead atoms. The Morgan fingerprint density at radius 2 is 0.846 bits per heavy atom. The zero-order valence-corrected chi connectivity index (χ0v) is 17.0. The van der Waals surface area contributed by atoms with E-state index < -0.39 is 0 Å². The molecule has 0 aromatic carbocycles. The number of nitrogens with one attached hydrogen (secondary N) is 2. The van der Waals surface area contributed by atoms with Gasteiger partial charge in [0.15, 0.2) is 0 Å². The smallest absolute Gasteiger partial charge is 0.0659 e. The minimum atomic E-state index is 0. The largest absolute Gasteiger partial charge is 0.412 e. The first kappa shape index (κ1) is 18.0. The first-order valence-electron chi connectivity index (χ1n) is 7.85. The summed E-state index contributed by atoms with van der Waals surface area (Å²) >= 11 is 0. The third kappa shape index (κ3) is 3.57. The monoisotopic (exact) mass is 392 g/mol. The summed E-state index contributed by atoms with van der Waals surface area (Å²) in [5.41, 5.74) is 7.86. The molecule has 2 aliphatic rings. The Morgan fingerprint density at radius 3 is 1.27 bits per heavy atom. The molecule has 6 heteroatoms. The molecule has 124 valence electrons. The normalized spacial score (nSPS) is 11.7. The number of hydrogen-bond acceptors (Lipinski definition) is 2. The number of aromatic nitrogens is 4. The van der Waals surface area contributed by atoms with Crippen LogP contribution in [0.5, 0.6) is 0 Å². The van der Waals surface area contributed by atoms with Gasteiger partial charge < -0.3 is 15.4 Å². The van der Waals surface area contributed by atoms with Crippen LogP contribution in [-0.4, -0.2) is 25.4 Å². The van der Waals surface area contributed by atoms with E-state index in [-0.39, 0.29) is 25.0 Å². The maximum Gasteiger partial charge on any atom is 0.0659 e. The van der Waals surface area contributed by atoms with Gasteiger partial charge in [-0.15, -0.1) is 0 Å². The van der Waals surface area contributed by atoms with Gasteiger partial charge in [0.05, 0.1) is 22.8 Å². The molecule has 0 spiro atoms. The van der Waals surface area contributed by atoms with Crippen molar-refractivity contribution in [1.29, 1.82) is 0 Å². The van der Waals surface area contributed by atoms with Crippen molar-refractivity contribution < 1.29 is 25.0 Å². The van der Waals surface area contributed by atoms with Crippen molar-refractivity contribution in [2.24, 2.45) is 0 Å². The van der Waals surface area contributed by atoms with Gasteiger partial charge in [-0.1, -0.05) is 0 Å². The predicted octanol–water partition coefficient (Wildman–Crippen LogP) is 3.83. The number of rotatable bonds is 0. The third-order valence-corrected chi connectivity index (χ3v) is 4.04. The molecule has 2 aliphatic heterocycles. The van der Waals surface area contributed by atoms with Gasteiger partial charge in [-0.3, -0.25) is 0 Å². The van der Waals surface area contributed by atoms with E-state index in [0.29, 0.717) is 0 Å². The fourth-order valence-electron chi connectivity index (χ4n) is 2.94. The average Bonchev–Trinajstić information content (AvgIpc) is 3.32. The Bertz CT molecular complexity index is 1080. The van der Waals surface area contributed by atoms with Crippen molar-refractivity contribution in [3.05, 3.63) is 71.3 Å². The Kier molecular flexibility index (Phi) is 4.98. The number of H-pyrrole nitrogens is 2. The van der Waals surface area contributed by atoms with Crippen LogP contribution in [-0.2, 0) is 19.5 Å². The SMILES string of the molecule is C1=Cc2cc3ccc(cc4ccc(cc5nc(cc1n2)C=C5)[nH]4)[nH]3.O.[Zn]. The van der Waals surface area contributed by atoms with Crippen molar-refractivity contribution in [2.45, 2.75) is 0 Å². The van der Waals surface area contributed by atoms with Gasteiger partial charge in [0.2, 0.25) is 0 Å². The summed E-state index contributed by atoms with van der Waals surface area (Å²) in [5.74, 6) is 0. The van der Waals surface area contributed by atoms with Gasteiger partial charge in [-0.05, 0) is 72.8 Å². The fourth-order valence-corrected chi connectivity index (χ4v) is 2.94. The first-order valence-corrected chi connectivity index (χ1v) is 7.85. The molecular weight excluding hydrogens is 378 g/mol. The molecule has 0 amide bonds. The van der Waals surface area contributed by atoms with Crippen molar-refractivity contribution >= 4 is 46.4 Å². The molecule has 5 nitrogen and oxygen atoms in total. The number of nitrogens with zero attached hydrogens (tertiary/aromatic N) is 2. The van der Waals surface area contributed by atoms with Crippen LogP contribution in [0.4, 0.5) is 0 Å². The van der Waals surface area contributed by atoms with Crippen LogP contribution < -0.4 is 0 Å². The Labute approximate surface area is 162 Å². The van der Waals surface area contributed by atoms with Crippen LogP contribution in [0.25, 0.3) is 46.4 Å². The molecule has 0 unspecified atom stereocenters. The molecular formula is C20H16N4OZn. The minimum Gasteiger partial charge on any atom is -0.412 e. The molecule has 0 saturated heterocycles. The molecule has 5 rings (SSSR count). The molecule has 3 aromatic rings. The van der Waals surface area contributed by atoms with Gasteiger partial charge >= 0.3 is 0 Å². The maximum atomic E-state index is 4.62. The van der Waals surface area contributed by atoms with Crippen LogP contribution in [0, 0.1) is 0 Å². The zero-order valence-electron chi connectivity index (χ0n) is 14.0. The fraction of sp³-hybridized carbons (Fsp3) is 0. The Balaban J connectivity index is 0.000000980. The topological polar surface area (TPSA) is 88.9 Å². The quantitative estimate of drug-likeness (QED) is 0.391. The first-order chi connectivity index (χ1) is 11.8. The second kappa shape index (κ2) is 7.20. The van der Waals surface area contributed by atoms with E-state index in [1.54, 1.807) is 0 Å². The summed E-state index contributed by atoms with van der Waals surface area (Å²) in [6.45, 7) is 0. The van der Waals surface area contributed by atoms with Crippen LogP contribution >= 0.6 is 0 Å². The molecule has 3 aromatic heterocycles. The van der Waals surface area contributed by atoms with E-state index in [4.69, 9.17) is 0 Å². The minimum absolute atomic E-state index is 0. The standard InChI is InChI=1S/C20H14N4.H2O.Zn/c1-2-14-10-16-5-6-18(23-16)12-20-8-7-19(24-20)11-17-4-3-15(22-17)9-13(1)21-14;;/h1-12,21-22H;1H2;. The molecule has 0 atom stereocenters. The van der Waals surface area contributed by atoms with Crippen LogP contribution in [0.2, 0.25) is 0 Å². The third-order valence-electron chi connectivity index (χ3n) is 4.04. The number of fused-ring (bicyclic) bond motifs is 8. The summed E-state index contributed by atoms with van der Waals surface area (Å²) in [6, 6.07) is 16.4. The second-order valence-electron chi connectivity index (χ2n) is 5.91. The number of hydrogen-bond donors (Lipinski definition) is 2. The van der Waals surface area contributed by atoms with Gasteiger partial charge in [-0.25, -0.2) is 9.97 Å². The number of aromatic amines is 2. The molecule has 0 aliphatic carbocycles. The summed E-state index contributed by atoms with van der Waals surface area (Å²) < 4.78 is 0.